The zero-order valence-corrected chi connectivity index (χ0v) is 11.0. The lowest BCUT2D eigenvalue weighted by atomic mass is 10.0. The molecule has 1 unspecified atom stereocenters. The summed E-state index contributed by atoms with van der Waals surface area (Å²) in [6.07, 6.45) is 6.77. The van der Waals surface area contributed by atoms with Gasteiger partial charge in [-0.2, -0.15) is 0 Å². The summed E-state index contributed by atoms with van der Waals surface area (Å²) in [6.45, 7) is 3.61. The van der Waals surface area contributed by atoms with Gasteiger partial charge in [-0.15, -0.1) is 0 Å². The molecule has 3 aliphatic rings. The summed E-state index contributed by atoms with van der Waals surface area (Å²) in [5, 5.41) is 3.60. The van der Waals surface area contributed by atoms with Gasteiger partial charge in [0.15, 0.2) is 0 Å². The molecule has 2 fully saturated rings. The van der Waals surface area contributed by atoms with Crippen LogP contribution in [0.2, 0.25) is 0 Å². The first kappa shape index (κ1) is 11.0. The monoisotopic (exact) mass is 242 g/mol. The standard InChI is InChI=1S/C16H22N2/c1-2-15(17-7-1)9-12-3-4-13-10-18(16-5-6-16)11-14(13)8-12/h3-4,8,15-17H,1-2,5-7,9-11H2. The summed E-state index contributed by atoms with van der Waals surface area (Å²) in [6, 6.07) is 8.83. The van der Waals surface area contributed by atoms with Gasteiger partial charge in [-0.05, 0) is 55.3 Å². The molecule has 0 bridgehead atoms. The van der Waals surface area contributed by atoms with E-state index in [0.717, 1.165) is 12.1 Å². The van der Waals surface area contributed by atoms with Gasteiger partial charge in [-0.1, -0.05) is 18.2 Å². The van der Waals surface area contributed by atoms with Crippen molar-refractivity contribution in [2.45, 2.75) is 57.3 Å². The number of nitrogens with one attached hydrogen (secondary N) is 1. The first-order valence-corrected chi connectivity index (χ1v) is 7.46. The van der Waals surface area contributed by atoms with Crippen molar-refractivity contribution in [2.75, 3.05) is 6.54 Å². The predicted octanol–water partition coefficient (Wildman–Crippen LogP) is 2.46. The molecule has 2 heterocycles. The summed E-state index contributed by atoms with van der Waals surface area (Å²) < 4.78 is 0. The third kappa shape index (κ3) is 2.08. The Morgan fingerprint density at radius 1 is 1.11 bits per heavy atom. The van der Waals surface area contributed by atoms with Crippen molar-refractivity contribution < 1.29 is 0 Å². The van der Waals surface area contributed by atoms with Crippen molar-refractivity contribution in [1.29, 1.82) is 0 Å². The minimum atomic E-state index is 0.726. The van der Waals surface area contributed by atoms with E-state index in [9.17, 15) is 0 Å². The van der Waals surface area contributed by atoms with Gasteiger partial charge in [0.1, 0.15) is 0 Å². The average molecular weight is 242 g/mol. The molecular formula is C16H22N2. The van der Waals surface area contributed by atoms with E-state index in [1.54, 1.807) is 11.1 Å². The lowest BCUT2D eigenvalue weighted by molar-refractivity contribution is 0.273. The maximum Gasteiger partial charge on any atom is 0.0243 e. The third-order valence-corrected chi connectivity index (χ3v) is 4.73. The van der Waals surface area contributed by atoms with Gasteiger partial charge in [-0.25, -0.2) is 0 Å². The highest BCUT2D eigenvalue weighted by Crippen LogP contribution is 2.35. The fraction of sp³-hybridized carbons (Fsp3) is 0.625. The Morgan fingerprint density at radius 3 is 2.78 bits per heavy atom. The number of fused-ring (bicyclic) bond motifs is 1. The second kappa shape index (κ2) is 4.36. The van der Waals surface area contributed by atoms with Crippen molar-refractivity contribution in [1.82, 2.24) is 10.2 Å². The Hall–Kier alpha value is -0.860. The molecule has 96 valence electrons. The van der Waals surface area contributed by atoms with Crippen LogP contribution in [0.25, 0.3) is 0 Å². The van der Waals surface area contributed by atoms with Crippen LogP contribution < -0.4 is 5.32 Å². The molecule has 1 saturated carbocycles. The minimum Gasteiger partial charge on any atom is -0.314 e. The van der Waals surface area contributed by atoms with Gasteiger partial charge in [0, 0.05) is 25.2 Å². The summed E-state index contributed by atoms with van der Waals surface area (Å²) in [7, 11) is 0. The highest BCUT2D eigenvalue weighted by atomic mass is 15.2. The van der Waals surface area contributed by atoms with E-state index in [1.165, 1.54) is 57.3 Å². The van der Waals surface area contributed by atoms with Crippen LogP contribution in [0.15, 0.2) is 18.2 Å². The van der Waals surface area contributed by atoms with Crippen LogP contribution in [0.5, 0.6) is 0 Å². The summed E-state index contributed by atoms with van der Waals surface area (Å²) in [5.74, 6) is 0. The van der Waals surface area contributed by atoms with Crippen LogP contribution in [0.4, 0.5) is 0 Å². The Labute approximate surface area is 109 Å². The van der Waals surface area contributed by atoms with E-state index in [4.69, 9.17) is 0 Å². The first-order chi connectivity index (χ1) is 8.88. The van der Waals surface area contributed by atoms with Gasteiger partial charge >= 0.3 is 0 Å². The highest BCUT2D eigenvalue weighted by molar-refractivity contribution is 5.35. The van der Waals surface area contributed by atoms with Crippen molar-refractivity contribution in [3.8, 4) is 0 Å². The molecule has 18 heavy (non-hydrogen) atoms. The molecule has 1 aromatic rings. The van der Waals surface area contributed by atoms with Crippen LogP contribution in [0.1, 0.15) is 42.4 Å². The Balaban J connectivity index is 1.48. The zero-order valence-electron chi connectivity index (χ0n) is 11.0. The van der Waals surface area contributed by atoms with Gasteiger partial charge in [0.2, 0.25) is 0 Å². The van der Waals surface area contributed by atoms with Gasteiger partial charge < -0.3 is 5.32 Å². The SMILES string of the molecule is c1cc2c(cc1CC1CCCN1)CN(C1CC1)C2. The molecule has 1 N–H and O–H groups in total. The lowest BCUT2D eigenvalue weighted by Crippen LogP contribution is -2.23. The molecule has 2 nitrogen and oxygen atoms in total. The molecule has 2 aliphatic heterocycles. The summed E-state index contributed by atoms with van der Waals surface area (Å²) in [4.78, 5) is 2.66. The number of nitrogens with zero attached hydrogens (tertiary/aromatic N) is 1. The minimum absolute atomic E-state index is 0.726. The molecule has 1 saturated heterocycles. The van der Waals surface area contributed by atoms with Crippen LogP contribution >= 0.6 is 0 Å². The van der Waals surface area contributed by atoms with E-state index in [-0.39, 0.29) is 0 Å². The molecule has 1 atom stereocenters. The lowest BCUT2D eigenvalue weighted by Gasteiger charge is -2.12. The van der Waals surface area contributed by atoms with Crippen LogP contribution in [0, 0.1) is 0 Å². The number of hydrogen-bond acceptors (Lipinski definition) is 2. The number of benzene rings is 1. The normalized spacial score (nSPS) is 27.7. The third-order valence-electron chi connectivity index (χ3n) is 4.73. The first-order valence-electron chi connectivity index (χ1n) is 7.46. The van der Waals surface area contributed by atoms with Crippen LogP contribution in [-0.4, -0.2) is 23.5 Å². The fourth-order valence-corrected chi connectivity index (χ4v) is 3.51. The quantitative estimate of drug-likeness (QED) is 0.876. The molecule has 1 aromatic carbocycles. The Kier molecular flexibility index (Phi) is 2.66. The van der Waals surface area contributed by atoms with Crippen molar-refractivity contribution in [3.05, 3.63) is 34.9 Å². The van der Waals surface area contributed by atoms with Crippen LogP contribution in [0.3, 0.4) is 0 Å². The smallest absolute Gasteiger partial charge is 0.0243 e. The average Bonchev–Trinajstić information content (AvgIpc) is 2.95. The maximum absolute atomic E-state index is 3.60. The molecule has 0 spiro atoms. The van der Waals surface area contributed by atoms with Crippen molar-refractivity contribution in [2.24, 2.45) is 0 Å². The largest absolute Gasteiger partial charge is 0.314 e. The predicted molar refractivity (Wildman–Crippen MR) is 73.4 cm³/mol. The van der Waals surface area contributed by atoms with Crippen molar-refractivity contribution >= 4 is 0 Å². The van der Waals surface area contributed by atoms with E-state index in [2.05, 4.69) is 28.4 Å². The fourth-order valence-electron chi connectivity index (χ4n) is 3.51. The van der Waals surface area contributed by atoms with E-state index in [0.29, 0.717) is 0 Å². The molecule has 0 radical (unpaired) electrons. The second-order valence-electron chi connectivity index (χ2n) is 6.24. The van der Waals surface area contributed by atoms with Gasteiger partial charge in [0.25, 0.3) is 0 Å². The van der Waals surface area contributed by atoms with Gasteiger partial charge in [-0.3, -0.25) is 4.90 Å². The van der Waals surface area contributed by atoms with E-state index >= 15 is 0 Å². The molecule has 2 heteroatoms. The van der Waals surface area contributed by atoms with Gasteiger partial charge in [0.05, 0.1) is 0 Å². The van der Waals surface area contributed by atoms with Crippen LogP contribution in [-0.2, 0) is 19.5 Å². The zero-order chi connectivity index (χ0) is 11.9. The van der Waals surface area contributed by atoms with Crippen molar-refractivity contribution in [3.63, 3.8) is 0 Å². The summed E-state index contributed by atoms with van der Waals surface area (Å²) in [5.41, 5.74) is 4.70. The molecule has 4 rings (SSSR count). The molecule has 1 aliphatic carbocycles. The maximum atomic E-state index is 3.60. The molecule has 0 amide bonds. The van der Waals surface area contributed by atoms with E-state index < -0.39 is 0 Å². The van der Waals surface area contributed by atoms with E-state index in [1.807, 2.05) is 0 Å². The number of rotatable bonds is 3. The second-order valence-corrected chi connectivity index (χ2v) is 6.24. The summed E-state index contributed by atoms with van der Waals surface area (Å²) >= 11 is 0. The Morgan fingerprint density at radius 2 is 2.00 bits per heavy atom. The number of hydrogen-bond donors (Lipinski definition) is 1. The molecular weight excluding hydrogens is 220 g/mol. The molecule has 0 aromatic heterocycles. The Bertz CT molecular complexity index is 444. The highest BCUT2D eigenvalue weighted by Gasteiger charge is 2.32. The topological polar surface area (TPSA) is 15.3 Å².